The third-order valence-electron chi connectivity index (χ3n) is 4.34. The van der Waals surface area contributed by atoms with Gasteiger partial charge in [-0.05, 0) is 62.9 Å². The number of nitrogens with zero attached hydrogens (tertiary/aromatic N) is 1. The van der Waals surface area contributed by atoms with E-state index < -0.39 is 0 Å². The first-order valence-corrected chi connectivity index (χ1v) is 8.81. The molecule has 0 aromatic heterocycles. The Bertz CT molecular complexity index is 985. The standard InChI is InChI=1S/C20H16IN3.ClH/c21-16-5-1-3-13(11-16)12-24(20(22)23)18-10-9-15-8-7-14-4-2-6-17(18)19(14)15;/h1-11H,12H2,(H3,22,23);1H. The van der Waals surface area contributed by atoms with Crippen LogP contribution in [0.4, 0.5) is 5.69 Å². The number of hydrogen-bond acceptors (Lipinski definition) is 1. The summed E-state index contributed by atoms with van der Waals surface area (Å²) in [5.41, 5.74) is 10.5. The molecule has 0 heterocycles. The fraction of sp³-hybridized carbons (Fsp3) is 0.0500. The zero-order valence-corrected chi connectivity index (χ0v) is 16.3. The van der Waals surface area contributed by atoms with Gasteiger partial charge in [0.1, 0.15) is 0 Å². The number of anilines is 1. The van der Waals surface area contributed by atoms with Gasteiger partial charge in [0.05, 0.1) is 12.2 Å². The van der Waals surface area contributed by atoms with Crippen LogP contribution < -0.4 is 10.6 Å². The van der Waals surface area contributed by atoms with Crippen molar-refractivity contribution in [1.29, 1.82) is 5.41 Å². The molecule has 0 saturated heterocycles. The molecule has 3 N–H and O–H groups in total. The number of nitrogens with two attached hydrogens (primary N) is 1. The van der Waals surface area contributed by atoms with Crippen LogP contribution >= 0.6 is 35.0 Å². The van der Waals surface area contributed by atoms with E-state index in [0.717, 1.165) is 16.6 Å². The Morgan fingerprint density at radius 3 is 2.44 bits per heavy atom. The number of hydrogen-bond donors (Lipinski definition) is 2. The van der Waals surface area contributed by atoms with E-state index in [9.17, 15) is 0 Å². The number of nitrogens with one attached hydrogen (secondary N) is 1. The van der Waals surface area contributed by atoms with Gasteiger partial charge in [0.2, 0.25) is 0 Å². The van der Waals surface area contributed by atoms with Crippen molar-refractivity contribution in [2.45, 2.75) is 6.54 Å². The Balaban J connectivity index is 0.00000182. The van der Waals surface area contributed by atoms with Gasteiger partial charge in [-0.3, -0.25) is 5.41 Å². The molecule has 0 aliphatic heterocycles. The molecular weight excluding hydrogens is 445 g/mol. The van der Waals surface area contributed by atoms with Gasteiger partial charge < -0.3 is 10.6 Å². The van der Waals surface area contributed by atoms with Gasteiger partial charge in [0.25, 0.3) is 0 Å². The molecule has 0 atom stereocenters. The van der Waals surface area contributed by atoms with Crippen molar-refractivity contribution in [1.82, 2.24) is 0 Å². The maximum atomic E-state index is 8.08. The van der Waals surface area contributed by atoms with Crippen molar-refractivity contribution in [2.24, 2.45) is 5.73 Å². The molecule has 5 heteroatoms. The van der Waals surface area contributed by atoms with Gasteiger partial charge in [-0.15, -0.1) is 12.4 Å². The molecule has 4 rings (SSSR count). The minimum absolute atomic E-state index is 0. The summed E-state index contributed by atoms with van der Waals surface area (Å²) < 4.78 is 1.18. The first kappa shape index (κ1) is 17.8. The molecule has 0 amide bonds. The lowest BCUT2D eigenvalue weighted by atomic mass is 10.0. The summed E-state index contributed by atoms with van der Waals surface area (Å²) in [6.07, 6.45) is 4.28. The van der Waals surface area contributed by atoms with Crippen LogP contribution in [0.25, 0.3) is 22.9 Å². The second-order valence-corrected chi connectivity index (χ2v) is 7.12. The summed E-state index contributed by atoms with van der Waals surface area (Å²) in [4.78, 5) is 1.87. The molecule has 0 spiro atoms. The topological polar surface area (TPSA) is 53.1 Å². The van der Waals surface area contributed by atoms with E-state index in [2.05, 4.69) is 83.3 Å². The van der Waals surface area contributed by atoms with Gasteiger partial charge in [-0.1, -0.05) is 48.6 Å². The fourth-order valence-corrected chi connectivity index (χ4v) is 3.87. The SMILES string of the molecule is Cl.N=C(N)N(Cc1cccc(I)c1)c1ccc2c3c(cccc13)C=C2. The van der Waals surface area contributed by atoms with Gasteiger partial charge >= 0.3 is 0 Å². The van der Waals surface area contributed by atoms with Crippen molar-refractivity contribution >= 4 is 69.6 Å². The van der Waals surface area contributed by atoms with Gasteiger partial charge in [0, 0.05) is 8.96 Å². The highest BCUT2D eigenvalue weighted by Crippen LogP contribution is 2.37. The highest BCUT2D eigenvalue weighted by Gasteiger charge is 2.17. The third kappa shape index (κ3) is 3.24. The number of guanidine groups is 1. The Kier molecular flexibility index (Phi) is 5.01. The van der Waals surface area contributed by atoms with Crippen LogP contribution in [0.1, 0.15) is 16.7 Å². The molecule has 25 heavy (non-hydrogen) atoms. The molecule has 0 radical (unpaired) electrons. The Labute approximate surface area is 166 Å². The molecule has 126 valence electrons. The van der Waals surface area contributed by atoms with Crippen molar-refractivity contribution in [3.8, 4) is 0 Å². The lowest BCUT2D eigenvalue weighted by molar-refractivity contribution is 0.988. The van der Waals surface area contributed by atoms with Crippen molar-refractivity contribution < 1.29 is 0 Å². The summed E-state index contributed by atoms with van der Waals surface area (Å²) in [6.45, 7) is 0.582. The van der Waals surface area contributed by atoms with Crippen LogP contribution in [0, 0.1) is 8.98 Å². The highest BCUT2D eigenvalue weighted by atomic mass is 127. The van der Waals surface area contributed by atoms with E-state index in [1.807, 2.05) is 11.0 Å². The van der Waals surface area contributed by atoms with E-state index >= 15 is 0 Å². The molecule has 1 aliphatic rings. The molecular formula is C20H17ClIN3. The Morgan fingerprint density at radius 2 is 1.72 bits per heavy atom. The van der Waals surface area contributed by atoms with E-state index in [4.69, 9.17) is 11.1 Å². The van der Waals surface area contributed by atoms with E-state index in [1.165, 1.54) is 20.1 Å². The molecule has 0 fully saturated rings. The first-order chi connectivity index (χ1) is 11.6. The molecule has 1 aliphatic carbocycles. The third-order valence-corrected chi connectivity index (χ3v) is 5.01. The Hall–Kier alpha value is -2.05. The smallest absolute Gasteiger partial charge is 0.193 e. The molecule has 0 unspecified atom stereocenters. The van der Waals surface area contributed by atoms with Crippen LogP contribution in [0.3, 0.4) is 0 Å². The van der Waals surface area contributed by atoms with E-state index in [0.29, 0.717) is 6.54 Å². The highest BCUT2D eigenvalue weighted by molar-refractivity contribution is 14.1. The molecule has 0 saturated carbocycles. The predicted molar refractivity (Wildman–Crippen MR) is 117 cm³/mol. The zero-order valence-electron chi connectivity index (χ0n) is 13.4. The van der Waals surface area contributed by atoms with Crippen LogP contribution in [-0.2, 0) is 6.54 Å². The van der Waals surface area contributed by atoms with Crippen LogP contribution in [0.2, 0.25) is 0 Å². The summed E-state index contributed by atoms with van der Waals surface area (Å²) in [5.74, 6) is 0.0560. The number of halogens is 2. The van der Waals surface area contributed by atoms with Gasteiger partial charge in [-0.2, -0.15) is 0 Å². The first-order valence-electron chi connectivity index (χ1n) is 7.73. The van der Waals surface area contributed by atoms with Crippen molar-refractivity contribution in [3.05, 3.63) is 74.9 Å². The molecule has 0 bridgehead atoms. The largest absolute Gasteiger partial charge is 0.370 e. The molecule has 3 aromatic rings. The summed E-state index contributed by atoms with van der Waals surface area (Å²) in [5, 5.41) is 10.5. The predicted octanol–water partition coefficient (Wildman–Crippen LogP) is 5.25. The van der Waals surface area contributed by atoms with Crippen LogP contribution in [0.15, 0.2) is 54.6 Å². The second kappa shape index (κ2) is 7.06. The normalized spacial score (nSPS) is 11.4. The number of rotatable bonds is 3. The molecule has 3 aromatic carbocycles. The zero-order chi connectivity index (χ0) is 16.7. The minimum Gasteiger partial charge on any atom is -0.370 e. The Morgan fingerprint density at radius 1 is 1.00 bits per heavy atom. The fourth-order valence-electron chi connectivity index (χ4n) is 3.26. The number of benzene rings is 3. The quantitative estimate of drug-likeness (QED) is 0.249. The average Bonchev–Trinajstić information content (AvgIpc) is 2.99. The minimum atomic E-state index is 0. The maximum Gasteiger partial charge on any atom is 0.193 e. The van der Waals surface area contributed by atoms with Crippen LogP contribution in [-0.4, -0.2) is 5.96 Å². The lowest BCUT2D eigenvalue weighted by Gasteiger charge is -2.25. The summed E-state index contributed by atoms with van der Waals surface area (Å²) in [7, 11) is 0. The van der Waals surface area contributed by atoms with Gasteiger partial charge in [0.15, 0.2) is 5.96 Å². The average molecular weight is 462 g/mol. The molecule has 3 nitrogen and oxygen atoms in total. The van der Waals surface area contributed by atoms with Gasteiger partial charge in [-0.25, -0.2) is 0 Å². The van der Waals surface area contributed by atoms with Crippen LogP contribution in [0.5, 0.6) is 0 Å². The maximum absolute atomic E-state index is 8.08. The monoisotopic (exact) mass is 461 g/mol. The summed E-state index contributed by atoms with van der Waals surface area (Å²) in [6, 6.07) is 18.7. The van der Waals surface area contributed by atoms with Crippen molar-refractivity contribution in [3.63, 3.8) is 0 Å². The lowest BCUT2D eigenvalue weighted by Crippen LogP contribution is -2.36. The second-order valence-electron chi connectivity index (χ2n) is 5.88. The van der Waals surface area contributed by atoms with E-state index in [1.54, 1.807) is 0 Å². The van der Waals surface area contributed by atoms with Crippen molar-refractivity contribution in [2.75, 3.05) is 4.90 Å². The van der Waals surface area contributed by atoms with E-state index in [-0.39, 0.29) is 18.4 Å². The summed E-state index contributed by atoms with van der Waals surface area (Å²) >= 11 is 2.30.